The molecular weight excluding hydrogens is 352 g/mol. The van der Waals surface area contributed by atoms with Gasteiger partial charge in [-0.15, -0.1) is 11.3 Å². The number of ether oxygens (including phenoxy) is 2. The SMILES string of the molecule is Cc1cc2c(cc1C(=O)NCc1csc(-c3ncccn3)n1)OCCO2. The lowest BCUT2D eigenvalue weighted by atomic mass is 10.1. The molecule has 1 amide bonds. The van der Waals surface area contributed by atoms with Crippen LogP contribution in [-0.4, -0.2) is 34.1 Å². The number of hydrogen-bond donors (Lipinski definition) is 1. The van der Waals surface area contributed by atoms with E-state index in [9.17, 15) is 4.79 Å². The highest BCUT2D eigenvalue weighted by Crippen LogP contribution is 2.33. The molecule has 0 atom stereocenters. The molecule has 1 aromatic carbocycles. The minimum atomic E-state index is -0.176. The van der Waals surface area contributed by atoms with Crippen molar-refractivity contribution in [2.24, 2.45) is 0 Å². The van der Waals surface area contributed by atoms with Gasteiger partial charge in [0.25, 0.3) is 5.91 Å². The number of carbonyl (C=O) groups excluding carboxylic acids is 1. The van der Waals surface area contributed by atoms with Gasteiger partial charge in [-0.3, -0.25) is 4.79 Å². The molecule has 4 rings (SSSR count). The molecule has 26 heavy (non-hydrogen) atoms. The molecule has 0 aliphatic carbocycles. The number of benzene rings is 1. The average molecular weight is 368 g/mol. The van der Waals surface area contributed by atoms with Crippen LogP contribution < -0.4 is 14.8 Å². The van der Waals surface area contributed by atoms with Gasteiger partial charge in [0, 0.05) is 23.3 Å². The lowest BCUT2D eigenvalue weighted by molar-refractivity contribution is 0.0948. The van der Waals surface area contributed by atoms with Gasteiger partial charge in [-0.05, 0) is 30.7 Å². The van der Waals surface area contributed by atoms with Crippen LogP contribution in [0, 0.1) is 6.92 Å². The standard InChI is InChI=1S/C18H16N4O3S/c1-11-7-14-15(25-6-5-24-14)8-13(11)17(23)21-9-12-10-26-18(22-12)16-19-3-2-4-20-16/h2-4,7-8,10H,5-6,9H2,1H3,(H,21,23). The van der Waals surface area contributed by atoms with Crippen LogP contribution in [0.5, 0.6) is 11.5 Å². The first-order valence-corrected chi connectivity index (χ1v) is 8.99. The van der Waals surface area contributed by atoms with Gasteiger partial charge >= 0.3 is 0 Å². The maximum atomic E-state index is 12.5. The number of nitrogens with zero attached hydrogens (tertiary/aromatic N) is 3. The van der Waals surface area contributed by atoms with Crippen LogP contribution in [-0.2, 0) is 6.54 Å². The van der Waals surface area contributed by atoms with E-state index in [1.165, 1.54) is 11.3 Å². The molecule has 1 aliphatic rings. The summed E-state index contributed by atoms with van der Waals surface area (Å²) >= 11 is 1.45. The molecule has 1 aliphatic heterocycles. The van der Waals surface area contributed by atoms with Crippen molar-refractivity contribution in [2.75, 3.05) is 13.2 Å². The summed E-state index contributed by atoms with van der Waals surface area (Å²) in [6, 6.07) is 5.31. The first-order chi connectivity index (χ1) is 12.7. The van der Waals surface area contributed by atoms with Crippen molar-refractivity contribution >= 4 is 17.2 Å². The Labute approximate surface area is 154 Å². The van der Waals surface area contributed by atoms with E-state index in [0.29, 0.717) is 42.6 Å². The number of nitrogens with one attached hydrogen (secondary N) is 1. The first kappa shape index (κ1) is 16.5. The molecule has 0 bridgehead atoms. The zero-order chi connectivity index (χ0) is 17.9. The van der Waals surface area contributed by atoms with Gasteiger partial charge in [-0.2, -0.15) is 0 Å². The fourth-order valence-corrected chi connectivity index (χ4v) is 3.37. The topological polar surface area (TPSA) is 86.2 Å². The van der Waals surface area contributed by atoms with Crippen LogP contribution in [0.25, 0.3) is 10.8 Å². The maximum Gasteiger partial charge on any atom is 0.252 e. The van der Waals surface area contributed by atoms with Gasteiger partial charge in [-0.1, -0.05) is 0 Å². The summed E-state index contributed by atoms with van der Waals surface area (Å²) in [5.41, 5.74) is 2.17. The van der Waals surface area contributed by atoms with Gasteiger partial charge in [0.2, 0.25) is 0 Å². The number of carbonyl (C=O) groups is 1. The van der Waals surface area contributed by atoms with Crippen LogP contribution in [0.1, 0.15) is 21.6 Å². The van der Waals surface area contributed by atoms with Gasteiger partial charge in [0.1, 0.15) is 13.2 Å². The molecular formula is C18H16N4O3S. The largest absolute Gasteiger partial charge is 0.486 e. The number of thiazole rings is 1. The zero-order valence-corrected chi connectivity index (χ0v) is 14.9. The number of aromatic nitrogens is 3. The molecule has 7 nitrogen and oxygen atoms in total. The summed E-state index contributed by atoms with van der Waals surface area (Å²) in [6.07, 6.45) is 3.35. The molecule has 3 aromatic rings. The van der Waals surface area contributed by atoms with Crippen LogP contribution in [0.15, 0.2) is 36.0 Å². The minimum absolute atomic E-state index is 0.176. The highest BCUT2D eigenvalue weighted by atomic mass is 32.1. The molecule has 8 heteroatoms. The monoisotopic (exact) mass is 368 g/mol. The molecule has 3 heterocycles. The fraction of sp³-hybridized carbons (Fsp3) is 0.222. The Morgan fingerprint density at radius 2 is 1.92 bits per heavy atom. The fourth-order valence-electron chi connectivity index (χ4n) is 2.60. The number of fused-ring (bicyclic) bond motifs is 1. The third-order valence-corrected chi connectivity index (χ3v) is 4.76. The number of hydrogen-bond acceptors (Lipinski definition) is 7. The van der Waals surface area contributed by atoms with E-state index >= 15 is 0 Å². The van der Waals surface area contributed by atoms with E-state index in [-0.39, 0.29) is 5.91 Å². The van der Waals surface area contributed by atoms with E-state index in [0.717, 1.165) is 16.3 Å². The second-order valence-corrected chi connectivity index (χ2v) is 6.57. The van der Waals surface area contributed by atoms with Crippen molar-refractivity contribution in [3.05, 3.63) is 52.8 Å². The summed E-state index contributed by atoms with van der Waals surface area (Å²) in [6.45, 7) is 3.21. The van der Waals surface area contributed by atoms with Gasteiger partial charge in [0.15, 0.2) is 22.3 Å². The third kappa shape index (κ3) is 3.36. The second-order valence-electron chi connectivity index (χ2n) is 5.71. The quantitative estimate of drug-likeness (QED) is 0.762. The Kier molecular flexibility index (Phi) is 4.49. The molecule has 2 aromatic heterocycles. The van der Waals surface area contributed by atoms with Crippen molar-refractivity contribution in [2.45, 2.75) is 13.5 Å². The Balaban J connectivity index is 1.45. The van der Waals surface area contributed by atoms with Gasteiger partial charge in [-0.25, -0.2) is 15.0 Å². The highest BCUT2D eigenvalue weighted by Gasteiger charge is 2.18. The summed E-state index contributed by atoms with van der Waals surface area (Å²) in [5, 5.41) is 5.51. The van der Waals surface area contributed by atoms with Crippen molar-refractivity contribution in [1.82, 2.24) is 20.3 Å². The van der Waals surface area contributed by atoms with E-state index in [1.807, 2.05) is 18.4 Å². The predicted molar refractivity (Wildman–Crippen MR) is 96.5 cm³/mol. The van der Waals surface area contributed by atoms with E-state index < -0.39 is 0 Å². The minimum Gasteiger partial charge on any atom is -0.486 e. The Morgan fingerprint density at radius 1 is 1.19 bits per heavy atom. The van der Waals surface area contributed by atoms with Crippen molar-refractivity contribution in [3.8, 4) is 22.3 Å². The average Bonchev–Trinajstić information content (AvgIpc) is 3.15. The molecule has 132 valence electrons. The van der Waals surface area contributed by atoms with Gasteiger partial charge in [0.05, 0.1) is 12.2 Å². The van der Waals surface area contributed by atoms with E-state index in [2.05, 4.69) is 20.3 Å². The third-order valence-electron chi connectivity index (χ3n) is 3.87. The van der Waals surface area contributed by atoms with Gasteiger partial charge < -0.3 is 14.8 Å². The summed E-state index contributed by atoms with van der Waals surface area (Å²) in [7, 11) is 0. The second kappa shape index (κ2) is 7.09. The van der Waals surface area contributed by atoms with Crippen molar-refractivity contribution in [3.63, 3.8) is 0 Å². The molecule has 0 saturated heterocycles. The molecule has 1 N–H and O–H groups in total. The Bertz CT molecular complexity index is 943. The highest BCUT2D eigenvalue weighted by molar-refractivity contribution is 7.13. The summed E-state index contributed by atoms with van der Waals surface area (Å²) < 4.78 is 11.1. The zero-order valence-electron chi connectivity index (χ0n) is 14.1. The molecule has 0 spiro atoms. The lowest BCUT2D eigenvalue weighted by Crippen LogP contribution is -2.24. The van der Waals surface area contributed by atoms with Crippen LogP contribution in [0.2, 0.25) is 0 Å². The molecule has 0 fully saturated rings. The van der Waals surface area contributed by atoms with E-state index in [4.69, 9.17) is 9.47 Å². The molecule has 0 unspecified atom stereocenters. The van der Waals surface area contributed by atoms with Crippen LogP contribution >= 0.6 is 11.3 Å². The molecule has 0 saturated carbocycles. The smallest absolute Gasteiger partial charge is 0.252 e. The van der Waals surface area contributed by atoms with Crippen LogP contribution in [0.3, 0.4) is 0 Å². The predicted octanol–water partition coefficient (Wildman–Crippen LogP) is 2.61. The first-order valence-electron chi connectivity index (χ1n) is 8.11. The van der Waals surface area contributed by atoms with Crippen molar-refractivity contribution in [1.29, 1.82) is 0 Å². The van der Waals surface area contributed by atoms with Crippen LogP contribution in [0.4, 0.5) is 0 Å². The lowest BCUT2D eigenvalue weighted by Gasteiger charge is -2.20. The number of aryl methyl sites for hydroxylation is 1. The summed E-state index contributed by atoms with van der Waals surface area (Å²) in [5.74, 6) is 1.68. The Morgan fingerprint density at radius 3 is 2.69 bits per heavy atom. The van der Waals surface area contributed by atoms with E-state index in [1.54, 1.807) is 24.5 Å². The Hall–Kier alpha value is -3.00. The number of amides is 1. The normalized spacial score (nSPS) is 12.7. The summed E-state index contributed by atoms with van der Waals surface area (Å²) in [4.78, 5) is 25.4. The molecule has 0 radical (unpaired) electrons. The van der Waals surface area contributed by atoms with Crippen molar-refractivity contribution < 1.29 is 14.3 Å². The number of rotatable bonds is 4. The maximum absolute atomic E-state index is 12.5.